The maximum absolute atomic E-state index is 12.9. The van der Waals surface area contributed by atoms with Gasteiger partial charge < -0.3 is 14.2 Å². The summed E-state index contributed by atoms with van der Waals surface area (Å²) in [7, 11) is 0. The number of ether oxygens (including phenoxy) is 3. The molecule has 0 bridgehead atoms. The number of unbranched alkanes of at least 4 members (excludes halogenated alkanes) is 41. The average Bonchev–Trinajstić information content (AvgIpc) is 3.40. The van der Waals surface area contributed by atoms with E-state index in [4.69, 9.17) is 14.2 Å². The highest BCUT2D eigenvalue weighted by Gasteiger charge is 2.19. The van der Waals surface area contributed by atoms with E-state index < -0.39 is 6.10 Å². The van der Waals surface area contributed by atoms with Crippen molar-refractivity contribution in [2.75, 3.05) is 13.2 Å². The molecule has 0 spiro atoms. The first-order chi connectivity index (χ1) is 36.5. The Kier molecular flexibility index (Phi) is 60.7. The van der Waals surface area contributed by atoms with Gasteiger partial charge in [-0.05, 0) is 77.0 Å². The number of carbonyl (C=O) groups excluding carboxylic acids is 3. The van der Waals surface area contributed by atoms with E-state index in [9.17, 15) is 14.4 Å². The summed E-state index contributed by atoms with van der Waals surface area (Å²) in [5, 5.41) is 0. The number of esters is 3. The second-order valence-corrected chi connectivity index (χ2v) is 22.0. The number of hydrogen-bond acceptors (Lipinski definition) is 6. The van der Waals surface area contributed by atoms with Gasteiger partial charge in [0.25, 0.3) is 0 Å². The van der Waals surface area contributed by atoms with Gasteiger partial charge in [0.05, 0.1) is 0 Å². The molecule has 1 atom stereocenters. The van der Waals surface area contributed by atoms with E-state index in [0.717, 1.165) is 83.5 Å². The molecule has 0 rings (SSSR count). The molecule has 0 aromatic heterocycles. The minimum Gasteiger partial charge on any atom is -0.462 e. The fraction of sp³-hybridized carbons (Fsp3) is 0.838. The number of rotatable bonds is 60. The standard InChI is InChI=1S/C68H124O6/c1-4-7-10-13-16-19-22-25-28-31-33-35-37-40-43-46-49-52-55-58-61-67(70)73-64-65(63-72-66(69)60-57-54-51-48-45-42-39-36-30-27-24-21-18-15-12-9-6-3)74-68(71)62-59-56-53-50-47-44-41-38-34-32-29-26-23-20-17-14-11-8-5-2/h9,12,18,21,26-27,29-30,65H,4-8,10-11,13-17,19-20,22-25,28,31-64H2,1-3H3/b12-9-,21-18-,29-26-,30-27-. The molecule has 0 amide bonds. The number of allylic oxidation sites excluding steroid dienone is 8. The largest absolute Gasteiger partial charge is 0.462 e. The highest BCUT2D eigenvalue weighted by Crippen LogP contribution is 2.18. The molecule has 6 heteroatoms. The van der Waals surface area contributed by atoms with Crippen LogP contribution in [-0.4, -0.2) is 37.2 Å². The zero-order chi connectivity index (χ0) is 53.6. The molecule has 0 saturated heterocycles. The molecule has 432 valence electrons. The summed E-state index contributed by atoms with van der Waals surface area (Å²) in [5.74, 6) is -0.862. The molecule has 0 aliphatic rings. The van der Waals surface area contributed by atoms with Crippen LogP contribution in [0.5, 0.6) is 0 Å². The van der Waals surface area contributed by atoms with Gasteiger partial charge in [-0.1, -0.05) is 301 Å². The summed E-state index contributed by atoms with van der Waals surface area (Å²) in [6, 6.07) is 0. The Hall–Kier alpha value is -2.63. The van der Waals surface area contributed by atoms with E-state index in [1.807, 2.05) is 0 Å². The lowest BCUT2D eigenvalue weighted by Gasteiger charge is -2.18. The lowest BCUT2D eigenvalue weighted by molar-refractivity contribution is -0.167. The van der Waals surface area contributed by atoms with Crippen LogP contribution in [0.25, 0.3) is 0 Å². The monoisotopic (exact) mass is 1040 g/mol. The van der Waals surface area contributed by atoms with Crippen molar-refractivity contribution in [3.8, 4) is 0 Å². The molecule has 74 heavy (non-hydrogen) atoms. The molecule has 0 N–H and O–H groups in total. The molecule has 6 nitrogen and oxygen atoms in total. The summed E-state index contributed by atoms with van der Waals surface area (Å²) < 4.78 is 17.0. The molecule has 0 aromatic carbocycles. The minimum absolute atomic E-state index is 0.0731. The van der Waals surface area contributed by atoms with Crippen LogP contribution in [0, 0.1) is 0 Å². The summed E-state index contributed by atoms with van der Waals surface area (Å²) in [4.78, 5) is 38.4. The van der Waals surface area contributed by atoms with Crippen molar-refractivity contribution in [3.05, 3.63) is 48.6 Å². The Labute approximate surface area is 460 Å². The minimum atomic E-state index is -0.777. The summed E-state index contributed by atoms with van der Waals surface area (Å²) >= 11 is 0. The molecule has 0 aliphatic carbocycles. The maximum atomic E-state index is 12.9. The fourth-order valence-corrected chi connectivity index (χ4v) is 9.69. The Morgan fingerprint density at radius 3 is 0.838 bits per heavy atom. The molecule has 0 radical (unpaired) electrons. The molecule has 0 heterocycles. The Balaban J connectivity index is 4.34. The summed E-state index contributed by atoms with van der Waals surface area (Å²) in [6.07, 6.45) is 78.3. The van der Waals surface area contributed by atoms with E-state index in [2.05, 4.69) is 69.4 Å². The molecule has 0 aromatic rings. The van der Waals surface area contributed by atoms with Gasteiger partial charge in [-0.25, -0.2) is 0 Å². The van der Waals surface area contributed by atoms with Gasteiger partial charge in [-0.2, -0.15) is 0 Å². The summed E-state index contributed by atoms with van der Waals surface area (Å²) in [6.45, 7) is 6.58. The third kappa shape index (κ3) is 60.2. The van der Waals surface area contributed by atoms with Crippen molar-refractivity contribution in [3.63, 3.8) is 0 Å². The first-order valence-electron chi connectivity index (χ1n) is 32.6. The smallest absolute Gasteiger partial charge is 0.306 e. The fourth-order valence-electron chi connectivity index (χ4n) is 9.69. The van der Waals surface area contributed by atoms with Crippen molar-refractivity contribution in [1.82, 2.24) is 0 Å². The van der Waals surface area contributed by atoms with Gasteiger partial charge in [0.2, 0.25) is 0 Å². The average molecular weight is 1040 g/mol. The van der Waals surface area contributed by atoms with E-state index in [0.29, 0.717) is 19.3 Å². The lowest BCUT2D eigenvalue weighted by Crippen LogP contribution is -2.30. The van der Waals surface area contributed by atoms with E-state index in [-0.39, 0.29) is 31.1 Å². The van der Waals surface area contributed by atoms with Crippen LogP contribution in [0.1, 0.15) is 348 Å². The molecule has 0 aliphatic heterocycles. The second-order valence-electron chi connectivity index (χ2n) is 22.0. The second kappa shape index (κ2) is 62.9. The first kappa shape index (κ1) is 71.4. The predicted octanol–water partition coefficient (Wildman–Crippen LogP) is 22.2. The Bertz CT molecular complexity index is 1280. The van der Waals surface area contributed by atoms with Crippen molar-refractivity contribution >= 4 is 17.9 Å². The van der Waals surface area contributed by atoms with Crippen molar-refractivity contribution in [2.45, 2.75) is 354 Å². The van der Waals surface area contributed by atoms with Crippen LogP contribution in [0.4, 0.5) is 0 Å². The Morgan fingerprint density at radius 1 is 0.284 bits per heavy atom. The van der Waals surface area contributed by atoms with E-state index >= 15 is 0 Å². The number of carbonyl (C=O) groups is 3. The maximum Gasteiger partial charge on any atom is 0.306 e. The van der Waals surface area contributed by atoms with Gasteiger partial charge >= 0.3 is 17.9 Å². The van der Waals surface area contributed by atoms with Crippen LogP contribution in [0.2, 0.25) is 0 Å². The van der Waals surface area contributed by atoms with Crippen molar-refractivity contribution in [1.29, 1.82) is 0 Å². The molecule has 1 unspecified atom stereocenters. The first-order valence-corrected chi connectivity index (χ1v) is 32.6. The normalized spacial score (nSPS) is 12.3. The van der Waals surface area contributed by atoms with Crippen LogP contribution in [-0.2, 0) is 28.6 Å². The topological polar surface area (TPSA) is 78.9 Å². The van der Waals surface area contributed by atoms with Gasteiger partial charge in [-0.15, -0.1) is 0 Å². The molecular weight excluding hydrogens is 913 g/mol. The molecular formula is C68H124O6. The highest BCUT2D eigenvalue weighted by molar-refractivity contribution is 5.71. The third-order valence-electron chi connectivity index (χ3n) is 14.6. The lowest BCUT2D eigenvalue weighted by atomic mass is 10.0. The molecule has 0 fully saturated rings. The van der Waals surface area contributed by atoms with E-state index in [1.54, 1.807) is 0 Å². The van der Waals surface area contributed by atoms with Crippen LogP contribution < -0.4 is 0 Å². The quantitative estimate of drug-likeness (QED) is 0.0261. The van der Waals surface area contributed by atoms with Gasteiger partial charge in [-0.3, -0.25) is 14.4 Å². The van der Waals surface area contributed by atoms with Crippen molar-refractivity contribution < 1.29 is 28.6 Å². The van der Waals surface area contributed by atoms with Gasteiger partial charge in [0.1, 0.15) is 13.2 Å². The van der Waals surface area contributed by atoms with Crippen LogP contribution >= 0.6 is 0 Å². The van der Waals surface area contributed by atoms with Gasteiger partial charge in [0.15, 0.2) is 6.10 Å². The zero-order valence-corrected chi connectivity index (χ0v) is 49.6. The van der Waals surface area contributed by atoms with E-state index in [1.165, 1.54) is 225 Å². The molecule has 0 saturated carbocycles. The predicted molar refractivity (Wildman–Crippen MR) is 321 cm³/mol. The number of hydrogen-bond donors (Lipinski definition) is 0. The Morgan fingerprint density at radius 2 is 0.527 bits per heavy atom. The SMILES string of the molecule is CC/C=C\C/C=C\C/C=C\CCCCCCCCCC(=O)OCC(COC(=O)CCCCCCCCCCCCCCCCCCCCCC)OC(=O)CCCCCCCCCCC/C=C\CCCCCCCC. The highest BCUT2D eigenvalue weighted by atomic mass is 16.6. The zero-order valence-electron chi connectivity index (χ0n) is 49.6. The van der Waals surface area contributed by atoms with Crippen molar-refractivity contribution in [2.24, 2.45) is 0 Å². The summed E-state index contributed by atoms with van der Waals surface area (Å²) in [5.41, 5.74) is 0. The van der Waals surface area contributed by atoms with Crippen LogP contribution in [0.3, 0.4) is 0 Å². The van der Waals surface area contributed by atoms with Crippen LogP contribution in [0.15, 0.2) is 48.6 Å². The van der Waals surface area contributed by atoms with Gasteiger partial charge in [0, 0.05) is 19.3 Å². The third-order valence-corrected chi connectivity index (χ3v) is 14.6.